The minimum atomic E-state index is 0.196. The first-order valence-electron chi connectivity index (χ1n) is 7.32. The van der Waals surface area contributed by atoms with Gasteiger partial charge in [-0.15, -0.1) is 0 Å². The van der Waals surface area contributed by atoms with Crippen molar-refractivity contribution in [3.63, 3.8) is 0 Å². The molecule has 0 unspecified atom stereocenters. The molecule has 0 bridgehead atoms. The molecule has 0 aliphatic heterocycles. The van der Waals surface area contributed by atoms with E-state index < -0.39 is 0 Å². The molecule has 18 heavy (non-hydrogen) atoms. The summed E-state index contributed by atoms with van der Waals surface area (Å²) in [5, 5.41) is 6.42. The lowest BCUT2D eigenvalue weighted by atomic mass is 10.1. The van der Waals surface area contributed by atoms with Gasteiger partial charge < -0.3 is 15.4 Å². The van der Waals surface area contributed by atoms with Crippen molar-refractivity contribution in [1.82, 2.24) is 10.6 Å². The Hall–Kier alpha value is -0.610. The summed E-state index contributed by atoms with van der Waals surface area (Å²) in [7, 11) is 1.71. The van der Waals surface area contributed by atoms with Crippen molar-refractivity contribution in [2.75, 3.05) is 26.8 Å². The van der Waals surface area contributed by atoms with Crippen molar-refractivity contribution < 1.29 is 9.53 Å². The second-order valence-corrected chi connectivity index (χ2v) is 5.10. The Morgan fingerprint density at radius 2 is 1.89 bits per heavy atom. The summed E-state index contributed by atoms with van der Waals surface area (Å²) in [5.41, 5.74) is 0. The van der Waals surface area contributed by atoms with Crippen LogP contribution in [0.5, 0.6) is 0 Å². The van der Waals surface area contributed by atoms with Gasteiger partial charge in [0.05, 0.1) is 0 Å². The van der Waals surface area contributed by atoms with Crippen molar-refractivity contribution >= 4 is 5.91 Å². The normalized spacial score (nSPS) is 17.4. The molecule has 0 spiro atoms. The average molecular weight is 256 g/mol. The fourth-order valence-corrected chi connectivity index (χ4v) is 2.39. The summed E-state index contributed by atoms with van der Waals surface area (Å²) >= 11 is 0. The molecular formula is C14H28N2O2. The van der Waals surface area contributed by atoms with Gasteiger partial charge in [-0.05, 0) is 25.8 Å². The Kier molecular flexibility index (Phi) is 8.86. The SMILES string of the molecule is COCCCNCCC(=O)NC1CCCCCC1. The van der Waals surface area contributed by atoms with E-state index in [2.05, 4.69) is 10.6 Å². The Morgan fingerprint density at radius 3 is 2.56 bits per heavy atom. The monoisotopic (exact) mass is 256 g/mol. The molecule has 1 rings (SSSR count). The molecule has 1 saturated carbocycles. The third-order valence-corrected chi connectivity index (χ3v) is 3.45. The van der Waals surface area contributed by atoms with Crippen molar-refractivity contribution in [1.29, 1.82) is 0 Å². The highest BCUT2D eigenvalue weighted by atomic mass is 16.5. The number of hydrogen-bond acceptors (Lipinski definition) is 3. The molecule has 2 N–H and O–H groups in total. The molecule has 1 aliphatic carbocycles. The van der Waals surface area contributed by atoms with E-state index in [4.69, 9.17) is 4.74 Å². The lowest BCUT2D eigenvalue weighted by molar-refractivity contribution is -0.121. The quantitative estimate of drug-likeness (QED) is 0.515. The molecule has 1 aliphatic rings. The lowest BCUT2D eigenvalue weighted by Crippen LogP contribution is -2.36. The topological polar surface area (TPSA) is 50.4 Å². The predicted octanol–water partition coefficient (Wildman–Crippen LogP) is 1.84. The summed E-state index contributed by atoms with van der Waals surface area (Å²) < 4.78 is 4.96. The number of methoxy groups -OCH3 is 1. The van der Waals surface area contributed by atoms with Gasteiger partial charge >= 0.3 is 0 Å². The third kappa shape index (κ3) is 7.67. The largest absolute Gasteiger partial charge is 0.385 e. The summed E-state index contributed by atoms with van der Waals surface area (Å²) in [4.78, 5) is 11.7. The van der Waals surface area contributed by atoms with Crippen LogP contribution in [-0.2, 0) is 9.53 Å². The number of carbonyl (C=O) groups excluding carboxylic acids is 1. The van der Waals surface area contributed by atoms with Crippen LogP contribution < -0.4 is 10.6 Å². The van der Waals surface area contributed by atoms with Crippen LogP contribution in [0, 0.1) is 0 Å². The Balaban J connectivity index is 1.98. The van der Waals surface area contributed by atoms with Gasteiger partial charge in [-0.25, -0.2) is 0 Å². The van der Waals surface area contributed by atoms with E-state index in [1.54, 1.807) is 7.11 Å². The number of rotatable bonds is 8. The Bertz CT molecular complexity index is 214. The molecule has 0 heterocycles. The van der Waals surface area contributed by atoms with Gasteiger partial charge in [-0.2, -0.15) is 0 Å². The number of nitrogens with one attached hydrogen (secondary N) is 2. The second-order valence-electron chi connectivity index (χ2n) is 5.10. The van der Waals surface area contributed by atoms with Crippen LogP contribution in [0.4, 0.5) is 0 Å². The van der Waals surface area contributed by atoms with Crippen LogP contribution >= 0.6 is 0 Å². The first kappa shape index (κ1) is 15.4. The zero-order chi connectivity index (χ0) is 13.1. The van der Waals surface area contributed by atoms with E-state index in [9.17, 15) is 4.79 Å². The molecule has 0 aromatic carbocycles. The number of amides is 1. The molecule has 1 fully saturated rings. The van der Waals surface area contributed by atoms with Gasteiger partial charge in [0.1, 0.15) is 0 Å². The van der Waals surface area contributed by atoms with Crippen molar-refractivity contribution in [2.45, 2.75) is 57.4 Å². The van der Waals surface area contributed by atoms with Crippen LogP contribution in [0.15, 0.2) is 0 Å². The Morgan fingerprint density at radius 1 is 1.17 bits per heavy atom. The van der Waals surface area contributed by atoms with Crippen molar-refractivity contribution in [3.8, 4) is 0 Å². The highest BCUT2D eigenvalue weighted by Gasteiger charge is 2.13. The molecule has 4 nitrogen and oxygen atoms in total. The van der Waals surface area contributed by atoms with Crippen molar-refractivity contribution in [2.24, 2.45) is 0 Å². The number of hydrogen-bond donors (Lipinski definition) is 2. The van der Waals surface area contributed by atoms with Gasteiger partial charge in [0.15, 0.2) is 0 Å². The zero-order valence-corrected chi connectivity index (χ0v) is 11.7. The maximum absolute atomic E-state index is 11.7. The smallest absolute Gasteiger partial charge is 0.221 e. The van der Waals surface area contributed by atoms with Crippen molar-refractivity contribution in [3.05, 3.63) is 0 Å². The molecule has 0 aromatic heterocycles. The first-order chi connectivity index (χ1) is 8.83. The van der Waals surface area contributed by atoms with E-state index in [0.29, 0.717) is 12.5 Å². The molecule has 0 aromatic rings. The van der Waals surface area contributed by atoms with Gasteiger partial charge in [-0.3, -0.25) is 4.79 Å². The molecule has 0 saturated heterocycles. The standard InChI is InChI=1S/C14H28N2O2/c1-18-12-6-10-15-11-9-14(17)16-13-7-4-2-3-5-8-13/h13,15H,2-12H2,1H3,(H,16,17). The molecular weight excluding hydrogens is 228 g/mol. The zero-order valence-electron chi connectivity index (χ0n) is 11.7. The fraction of sp³-hybridized carbons (Fsp3) is 0.929. The Labute approximate surface area is 111 Å². The van der Waals surface area contributed by atoms with E-state index in [-0.39, 0.29) is 5.91 Å². The summed E-state index contributed by atoms with van der Waals surface area (Å²) in [5.74, 6) is 0.196. The summed E-state index contributed by atoms with van der Waals surface area (Å²) in [6.07, 6.45) is 9.09. The molecule has 4 heteroatoms. The van der Waals surface area contributed by atoms with Crippen LogP contribution in [0.1, 0.15) is 51.4 Å². The lowest BCUT2D eigenvalue weighted by Gasteiger charge is -2.16. The van der Waals surface area contributed by atoms with Gasteiger partial charge in [0.2, 0.25) is 5.91 Å². The van der Waals surface area contributed by atoms with E-state index in [1.165, 1.54) is 25.7 Å². The van der Waals surface area contributed by atoms with Crippen LogP contribution in [0.3, 0.4) is 0 Å². The van der Waals surface area contributed by atoms with Gasteiger partial charge in [0.25, 0.3) is 0 Å². The summed E-state index contributed by atoms with van der Waals surface area (Å²) in [6, 6.07) is 0.425. The highest BCUT2D eigenvalue weighted by Crippen LogP contribution is 2.17. The van der Waals surface area contributed by atoms with Crippen LogP contribution in [-0.4, -0.2) is 38.8 Å². The average Bonchev–Trinajstić information content (AvgIpc) is 2.62. The highest BCUT2D eigenvalue weighted by molar-refractivity contribution is 5.76. The van der Waals surface area contributed by atoms with E-state index in [1.807, 2.05) is 0 Å². The molecule has 0 radical (unpaired) electrons. The first-order valence-corrected chi connectivity index (χ1v) is 7.32. The molecule has 1 amide bonds. The van der Waals surface area contributed by atoms with Gasteiger partial charge in [-0.1, -0.05) is 25.7 Å². The van der Waals surface area contributed by atoms with Crippen LogP contribution in [0.2, 0.25) is 0 Å². The fourth-order valence-electron chi connectivity index (χ4n) is 2.39. The number of carbonyl (C=O) groups is 1. The summed E-state index contributed by atoms with van der Waals surface area (Å²) in [6.45, 7) is 2.47. The van der Waals surface area contributed by atoms with E-state index >= 15 is 0 Å². The minimum Gasteiger partial charge on any atom is -0.385 e. The van der Waals surface area contributed by atoms with E-state index in [0.717, 1.165) is 39.0 Å². The maximum atomic E-state index is 11.7. The predicted molar refractivity (Wildman–Crippen MR) is 73.6 cm³/mol. The molecule has 106 valence electrons. The van der Waals surface area contributed by atoms with Gasteiger partial charge in [0, 0.05) is 32.7 Å². The second kappa shape index (κ2) is 10.3. The van der Waals surface area contributed by atoms with Crippen LogP contribution in [0.25, 0.3) is 0 Å². The molecule has 0 atom stereocenters. The maximum Gasteiger partial charge on any atom is 0.221 e. The third-order valence-electron chi connectivity index (χ3n) is 3.45. The number of ether oxygens (including phenoxy) is 1. The minimum absolute atomic E-state index is 0.196.